The smallest absolute Gasteiger partial charge is 0.266 e. The van der Waals surface area contributed by atoms with Crippen LogP contribution in [0.2, 0.25) is 0 Å². The monoisotopic (exact) mass is 515 g/mol. The van der Waals surface area contributed by atoms with Gasteiger partial charge in [-0.1, -0.05) is 91.9 Å². The molecule has 1 aromatic heterocycles. The second kappa shape index (κ2) is 11.5. The molecule has 0 spiro atoms. The van der Waals surface area contributed by atoms with Crippen molar-refractivity contribution in [3.8, 4) is 5.69 Å². The van der Waals surface area contributed by atoms with E-state index in [1.54, 1.807) is 10.6 Å². The zero-order valence-electron chi connectivity index (χ0n) is 22.6. The van der Waals surface area contributed by atoms with Gasteiger partial charge in [-0.25, -0.2) is 4.98 Å². The zero-order chi connectivity index (χ0) is 27.4. The third-order valence-electron chi connectivity index (χ3n) is 7.16. The van der Waals surface area contributed by atoms with Gasteiger partial charge in [-0.15, -0.1) is 0 Å². The molecule has 1 unspecified atom stereocenters. The fourth-order valence-electron chi connectivity index (χ4n) is 5.26. The highest BCUT2D eigenvalue weighted by molar-refractivity contribution is 5.87. The highest BCUT2D eigenvalue weighted by Gasteiger charge is 2.32. The van der Waals surface area contributed by atoms with E-state index in [1.165, 1.54) is 0 Å². The Kier molecular flexibility index (Phi) is 7.69. The number of hydrogen-bond acceptors (Lipinski definition) is 3. The van der Waals surface area contributed by atoms with E-state index >= 15 is 0 Å². The van der Waals surface area contributed by atoms with Gasteiger partial charge in [0.25, 0.3) is 5.56 Å². The quantitative estimate of drug-likeness (QED) is 0.228. The van der Waals surface area contributed by atoms with Crippen molar-refractivity contribution in [1.82, 2.24) is 14.5 Å². The van der Waals surface area contributed by atoms with Gasteiger partial charge in [0.05, 0.1) is 28.6 Å². The molecule has 1 atom stereocenters. The molecule has 0 N–H and O–H groups in total. The van der Waals surface area contributed by atoms with E-state index in [4.69, 9.17) is 4.98 Å². The Labute approximate surface area is 229 Å². The van der Waals surface area contributed by atoms with E-state index in [-0.39, 0.29) is 11.5 Å². The lowest BCUT2D eigenvalue weighted by atomic mass is 9.89. The van der Waals surface area contributed by atoms with Crippen LogP contribution in [0.5, 0.6) is 0 Å². The van der Waals surface area contributed by atoms with E-state index in [0.29, 0.717) is 23.3 Å². The van der Waals surface area contributed by atoms with Crippen molar-refractivity contribution in [1.29, 1.82) is 0 Å². The third-order valence-corrected chi connectivity index (χ3v) is 7.16. The summed E-state index contributed by atoms with van der Waals surface area (Å²) in [6.07, 6.45) is 0.772. The Bertz CT molecular complexity index is 1600. The van der Waals surface area contributed by atoms with Crippen LogP contribution in [0.15, 0.2) is 114 Å². The molecule has 0 aliphatic rings. The summed E-state index contributed by atoms with van der Waals surface area (Å²) in [5, 5.41) is 0.551. The summed E-state index contributed by atoms with van der Waals surface area (Å²) in [6, 6.07) is 34.6. The summed E-state index contributed by atoms with van der Waals surface area (Å²) < 4.78 is 1.68. The molecule has 1 heterocycles. The largest absolute Gasteiger partial charge is 0.332 e. The Balaban J connectivity index is 1.68. The normalized spacial score (nSPS) is 12.0. The minimum absolute atomic E-state index is 0.0139. The molecule has 39 heavy (non-hydrogen) atoms. The minimum Gasteiger partial charge on any atom is -0.332 e. The van der Waals surface area contributed by atoms with Gasteiger partial charge in [0.15, 0.2) is 0 Å². The summed E-state index contributed by atoms with van der Waals surface area (Å²) in [7, 11) is 0. The summed E-state index contributed by atoms with van der Waals surface area (Å²) in [4.78, 5) is 35.3. The average molecular weight is 516 g/mol. The summed E-state index contributed by atoms with van der Waals surface area (Å²) in [5.41, 5.74) is 4.14. The Morgan fingerprint density at radius 3 is 2.08 bits per heavy atom. The van der Waals surface area contributed by atoms with Gasteiger partial charge in [0.2, 0.25) is 5.91 Å². The van der Waals surface area contributed by atoms with Crippen LogP contribution in [-0.4, -0.2) is 26.9 Å². The number of aryl methyl sites for hydroxylation is 1. The topological polar surface area (TPSA) is 55.2 Å². The van der Waals surface area contributed by atoms with Gasteiger partial charge in [-0.2, -0.15) is 0 Å². The minimum atomic E-state index is -0.471. The van der Waals surface area contributed by atoms with Gasteiger partial charge in [0.1, 0.15) is 5.82 Å². The van der Waals surface area contributed by atoms with Gasteiger partial charge in [-0.3, -0.25) is 14.2 Å². The molecule has 0 aliphatic carbocycles. The Hall–Kier alpha value is -4.51. The molecule has 4 aromatic carbocycles. The number of rotatable bonds is 8. The molecule has 1 amide bonds. The number of carbonyl (C=O) groups excluding carboxylic acids is 1. The first-order chi connectivity index (χ1) is 19.0. The van der Waals surface area contributed by atoms with Crippen LogP contribution >= 0.6 is 0 Å². The highest BCUT2D eigenvalue weighted by Crippen LogP contribution is 2.31. The maximum absolute atomic E-state index is 14.5. The van der Waals surface area contributed by atoms with Crippen molar-refractivity contribution < 1.29 is 4.79 Å². The number of carbonyl (C=O) groups is 1. The van der Waals surface area contributed by atoms with E-state index < -0.39 is 12.0 Å². The van der Waals surface area contributed by atoms with Crippen LogP contribution in [0.4, 0.5) is 0 Å². The second-order valence-corrected chi connectivity index (χ2v) is 9.93. The molecule has 5 nitrogen and oxygen atoms in total. The molecule has 5 aromatic rings. The van der Waals surface area contributed by atoms with E-state index in [2.05, 4.69) is 6.92 Å². The predicted molar refractivity (Wildman–Crippen MR) is 157 cm³/mol. The first-order valence-corrected chi connectivity index (χ1v) is 13.5. The maximum Gasteiger partial charge on any atom is 0.266 e. The number of fused-ring (bicyclic) bond motifs is 1. The Morgan fingerprint density at radius 1 is 0.846 bits per heavy atom. The van der Waals surface area contributed by atoms with Crippen molar-refractivity contribution in [2.75, 3.05) is 6.54 Å². The molecule has 0 aliphatic heterocycles. The van der Waals surface area contributed by atoms with Crippen LogP contribution in [0.1, 0.15) is 54.7 Å². The number of benzene rings is 4. The highest BCUT2D eigenvalue weighted by atomic mass is 16.2. The standard InChI is InChI=1S/C34H33N3O2/c1-4-22-36(34(39)31(26-15-7-5-8-16-26)27-17-9-6-10-18-27)25(3)32-35-30-21-12-11-20-29(30)33(38)37(32)28-19-13-14-24(2)23-28/h5-21,23,25,31H,4,22H2,1-3H3. The van der Waals surface area contributed by atoms with Crippen LogP contribution in [-0.2, 0) is 4.79 Å². The summed E-state index contributed by atoms with van der Waals surface area (Å²) >= 11 is 0. The molecule has 0 fully saturated rings. The van der Waals surface area contributed by atoms with Gasteiger partial charge < -0.3 is 4.90 Å². The number of aromatic nitrogens is 2. The molecule has 5 rings (SSSR count). The van der Waals surface area contributed by atoms with Crippen molar-refractivity contribution in [2.45, 2.75) is 39.2 Å². The molecule has 0 radical (unpaired) electrons. The lowest BCUT2D eigenvalue weighted by Crippen LogP contribution is -2.40. The van der Waals surface area contributed by atoms with E-state index in [1.807, 2.05) is 122 Å². The maximum atomic E-state index is 14.5. The fourth-order valence-corrected chi connectivity index (χ4v) is 5.26. The summed E-state index contributed by atoms with van der Waals surface area (Å²) in [5.74, 6) is 0.0620. The lowest BCUT2D eigenvalue weighted by Gasteiger charge is -2.33. The predicted octanol–water partition coefficient (Wildman–Crippen LogP) is 6.83. The van der Waals surface area contributed by atoms with Crippen LogP contribution < -0.4 is 5.56 Å². The molecule has 5 heteroatoms. The van der Waals surface area contributed by atoms with Crippen molar-refractivity contribution in [3.63, 3.8) is 0 Å². The van der Waals surface area contributed by atoms with Crippen LogP contribution in [0.25, 0.3) is 16.6 Å². The van der Waals surface area contributed by atoms with Gasteiger partial charge in [-0.05, 0) is 61.2 Å². The number of amides is 1. The second-order valence-electron chi connectivity index (χ2n) is 9.93. The number of nitrogens with zero attached hydrogens (tertiary/aromatic N) is 3. The third kappa shape index (κ3) is 5.26. The van der Waals surface area contributed by atoms with Gasteiger partial charge >= 0.3 is 0 Å². The van der Waals surface area contributed by atoms with Crippen LogP contribution in [0.3, 0.4) is 0 Å². The average Bonchev–Trinajstić information content (AvgIpc) is 2.96. The van der Waals surface area contributed by atoms with E-state index in [0.717, 1.165) is 28.8 Å². The van der Waals surface area contributed by atoms with Crippen molar-refractivity contribution in [2.24, 2.45) is 0 Å². The number of para-hydroxylation sites is 1. The van der Waals surface area contributed by atoms with Gasteiger partial charge in [0, 0.05) is 6.54 Å². The summed E-state index contributed by atoms with van der Waals surface area (Å²) in [6.45, 7) is 6.58. The fraction of sp³-hybridized carbons (Fsp3) is 0.206. The lowest BCUT2D eigenvalue weighted by molar-refractivity contribution is -0.134. The zero-order valence-corrected chi connectivity index (χ0v) is 22.6. The molecular weight excluding hydrogens is 482 g/mol. The molecule has 0 bridgehead atoms. The molecular formula is C34H33N3O2. The van der Waals surface area contributed by atoms with Crippen molar-refractivity contribution in [3.05, 3.63) is 142 Å². The van der Waals surface area contributed by atoms with Crippen molar-refractivity contribution >= 4 is 16.8 Å². The molecule has 196 valence electrons. The first-order valence-electron chi connectivity index (χ1n) is 13.5. The Morgan fingerprint density at radius 2 is 1.46 bits per heavy atom. The first kappa shape index (κ1) is 26.1. The SMILES string of the molecule is CCCN(C(=O)C(c1ccccc1)c1ccccc1)C(C)c1nc2ccccc2c(=O)n1-c1cccc(C)c1. The van der Waals surface area contributed by atoms with Crippen LogP contribution in [0, 0.1) is 6.92 Å². The van der Waals surface area contributed by atoms with E-state index in [9.17, 15) is 9.59 Å². The molecule has 0 saturated carbocycles. The number of hydrogen-bond donors (Lipinski definition) is 0. The molecule has 0 saturated heterocycles.